The predicted octanol–water partition coefficient (Wildman–Crippen LogP) is 2.36. The van der Waals surface area contributed by atoms with Gasteiger partial charge in [0.2, 0.25) is 5.91 Å². The Labute approximate surface area is 122 Å². The smallest absolute Gasteiger partial charge is 0.227 e. The summed E-state index contributed by atoms with van der Waals surface area (Å²) in [5.74, 6) is 0.145. The van der Waals surface area contributed by atoms with Gasteiger partial charge in [-0.25, -0.2) is 0 Å². The summed E-state index contributed by atoms with van der Waals surface area (Å²) in [5.41, 5.74) is 5.57. The Kier molecular flexibility index (Phi) is 6.30. The van der Waals surface area contributed by atoms with Crippen molar-refractivity contribution in [2.75, 3.05) is 19.7 Å². The van der Waals surface area contributed by atoms with Crippen LogP contribution in [0.3, 0.4) is 0 Å². The Morgan fingerprint density at radius 3 is 2.40 bits per heavy atom. The molecule has 0 heterocycles. The van der Waals surface area contributed by atoms with Gasteiger partial charge in [-0.1, -0.05) is 38.5 Å². The van der Waals surface area contributed by atoms with Gasteiger partial charge in [-0.15, -0.1) is 0 Å². The molecular weight excluding hydrogens is 252 g/mol. The molecule has 0 aromatic rings. The highest BCUT2D eigenvalue weighted by Gasteiger charge is 2.37. The summed E-state index contributed by atoms with van der Waals surface area (Å²) in [6, 6.07) is 0. The molecular formula is C16H30N2O2. The van der Waals surface area contributed by atoms with Crippen molar-refractivity contribution in [1.82, 2.24) is 5.32 Å². The van der Waals surface area contributed by atoms with Gasteiger partial charge < -0.3 is 15.8 Å². The van der Waals surface area contributed by atoms with E-state index in [0.717, 1.165) is 25.7 Å². The maximum absolute atomic E-state index is 12.4. The normalized spacial score (nSPS) is 23.4. The number of hydrogen-bond acceptors (Lipinski definition) is 3. The van der Waals surface area contributed by atoms with Crippen LogP contribution in [0.1, 0.15) is 64.2 Å². The summed E-state index contributed by atoms with van der Waals surface area (Å²) in [5, 5.41) is 3.04. The second-order valence-electron chi connectivity index (χ2n) is 6.43. The average molecular weight is 282 g/mol. The highest BCUT2D eigenvalue weighted by Crippen LogP contribution is 2.35. The summed E-state index contributed by atoms with van der Waals surface area (Å²) in [6.07, 6.45) is 12.1. The Balaban J connectivity index is 1.65. The Bertz CT molecular complexity index is 295. The first-order valence-electron chi connectivity index (χ1n) is 8.37. The molecule has 20 heavy (non-hydrogen) atoms. The first-order valence-corrected chi connectivity index (χ1v) is 8.37. The predicted molar refractivity (Wildman–Crippen MR) is 80.4 cm³/mol. The van der Waals surface area contributed by atoms with Gasteiger partial charge >= 0.3 is 0 Å². The third kappa shape index (κ3) is 4.19. The van der Waals surface area contributed by atoms with E-state index in [2.05, 4.69) is 5.32 Å². The van der Waals surface area contributed by atoms with Crippen molar-refractivity contribution in [3.05, 3.63) is 0 Å². The quantitative estimate of drug-likeness (QED) is 0.735. The molecule has 3 N–H and O–H groups in total. The van der Waals surface area contributed by atoms with Crippen LogP contribution in [0.15, 0.2) is 0 Å². The van der Waals surface area contributed by atoms with Crippen LogP contribution in [0.25, 0.3) is 0 Å². The monoisotopic (exact) mass is 282 g/mol. The zero-order valence-electron chi connectivity index (χ0n) is 12.7. The van der Waals surface area contributed by atoms with Crippen LogP contribution in [-0.4, -0.2) is 31.7 Å². The van der Waals surface area contributed by atoms with E-state index in [4.69, 9.17) is 10.5 Å². The molecule has 0 saturated heterocycles. The molecule has 0 aromatic carbocycles. The maximum atomic E-state index is 12.4. The highest BCUT2D eigenvalue weighted by molar-refractivity contribution is 5.83. The number of carbonyl (C=O) groups excluding carboxylic acids is 1. The van der Waals surface area contributed by atoms with E-state index < -0.39 is 0 Å². The van der Waals surface area contributed by atoms with E-state index >= 15 is 0 Å². The van der Waals surface area contributed by atoms with E-state index in [0.29, 0.717) is 25.8 Å². The number of ether oxygens (including phenoxy) is 1. The lowest BCUT2D eigenvalue weighted by Gasteiger charge is -2.34. The number of amides is 1. The van der Waals surface area contributed by atoms with Crippen LogP contribution in [0.5, 0.6) is 0 Å². The van der Waals surface area contributed by atoms with Crippen LogP contribution in [0.4, 0.5) is 0 Å². The van der Waals surface area contributed by atoms with Crippen LogP contribution in [-0.2, 0) is 9.53 Å². The minimum atomic E-state index is -0.302. The van der Waals surface area contributed by atoms with E-state index in [1.54, 1.807) is 0 Å². The fourth-order valence-electron chi connectivity index (χ4n) is 3.56. The number of rotatable bonds is 6. The van der Waals surface area contributed by atoms with Crippen LogP contribution >= 0.6 is 0 Å². The fraction of sp³-hybridized carbons (Fsp3) is 0.938. The van der Waals surface area contributed by atoms with Gasteiger partial charge in [0.1, 0.15) is 0 Å². The molecule has 0 aromatic heterocycles. The van der Waals surface area contributed by atoms with Gasteiger partial charge in [0.25, 0.3) is 0 Å². The summed E-state index contributed by atoms with van der Waals surface area (Å²) in [4.78, 5) is 12.4. The SMILES string of the molecule is NCC1(C(=O)NCCOC2CCCCC2)CCCCC1. The largest absolute Gasteiger partial charge is 0.376 e. The molecule has 116 valence electrons. The number of nitrogens with two attached hydrogens (primary N) is 1. The fourth-order valence-corrected chi connectivity index (χ4v) is 3.56. The summed E-state index contributed by atoms with van der Waals surface area (Å²) < 4.78 is 5.84. The lowest BCUT2D eigenvalue weighted by molar-refractivity contribution is -0.132. The zero-order valence-corrected chi connectivity index (χ0v) is 12.7. The van der Waals surface area contributed by atoms with Crippen molar-refractivity contribution < 1.29 is 9.53 Å². The molecule has 4 nitrogen and oxygen atoms in total. The third-order valence-corrected chi connectivity index (χ3v) is 4.98. The Morgan fingerprint density at radius 2 is 1.75 bits per heavy atom. The molecule has 2 aliphatic carbocycles. The molecule has 0 bridgehead atoms. The van der Waals surface area contributed by atoms with Gasteiger partial charge in [-0.05, 0) is 25.7 Å². The van der Waals surface area contributed by atoms with Crippen molar-refractivity contribution in [2.45, 2.75) is 70.3 Å². The molecule has 2 rings (SSSR count). The molecule has 2 fully saturated rings. The van der Waals surface area contributed by atoms with Crippen LogP contribution in [0, 0.1) is 5.41 Å². The molecule has 2 aliphatic rings. The zero-order chi connectivity index (χ0) is 14.3. The molecule has 4 heteroatoms. The minimum Gasteiger partial charge on any atom is -0.376 e. The van der Waals surface area contributed by atoms with Gasteiger partial charge in [-0.2, -0.15) is 0 Å². The molecule has 1 amide bonds. The molecule has 2 saturated carbocycles. The van der Waals surface area contributed by atoms with Crippen molar-refractivity contribution in [3.63, 3.8) is 0 Å². The van der Waals surface area contributed by atoms with E-state index in [1.807, 2.05) is 0 Å². The van der Waals surface area contributed by atoms with E-state index in [1.165, 1.54) is 38.5 Å². The number of hydrogen-bond donors (Lipinski definition) is 2. The maximum Gasteiger partial charge on any atom is 0.227 e. The lowest BCUT2D eigenvalue weighted by Crippen LogP contribution is -2.48. The van der Waals surface area contributed by atoms with Crippen molar-refractivity contribution >= 4 is 5.91 Å². The van der Waals surface area contributed by atoms with Gasteiger partial charge in [-0.3, -0.25) is 4.79 Å². The summed E-state index contributed by atoms with van der Waals surface area (Å²) >= 11 is 0. The number of nitrogens with one attached hydrogen (secondary N) is 1. The first-order chi connectivity index (χ1) is 9.77. The van der Waals surface area contributed by atoms with Gasteiger partial charge in [0.05, 0.1) is 18.1 Å². The van der Waals surface area contributed by atoms with Crippen molar-refractivity contribution in [2.24, 2.45) is 11.1 Å². The van der Waals surface area contributed by atoms with E-state index in [-0.39, 0.29) is 11.3 Å². The second-order valence-corrected chi connectivity index (χ2v) is 6.43. The molecule has 0 unspecified atom stereocenters. The second kappa shape index (κ2) is 7.99. The van der Waals surface area contributed by atoms with Crippen LogP contribution in [0.2, 0.25) is 0 Å². The standard InChI is InChI=1S/C16H30N2O2/c17-13-16(9-5-2-6-10-16)15(19)18-11-12-20-14-7-3-1-4-8-14/h14H,1-13,17H2,(H,18,19). The van der Waals surface area contributed by atoms with E-state index in [9.17, 15) is 4.79 Å². The lowest BCUT2D eigenvalue weighted by atomic mass is 9.73. The molecule has 0 radical (unpaired) electrons. The minimum absolute atomic E-state index is 0.145. The Morgan fingerprint density at radius 1 is 1.10 bits per heavy atom. The molecule has 0 atom stereocenters. The van der Waals surface area contributed by atoms with Crippen molar-refractivity contribution in [1.29, 1.82) is 0 Å². The third-order valence-electron chi connectivity index (χ3n) is 4.98. The first kappa shape index (κ1) is 15.8. The molecule has 0 spiro atoms. The average Bonchev–Trinajstić information content (AvgIpc) is 2.53. The van der Waals surface area contributed by atoms with Gasteiger partial charge in [0, 0.05) is 13.1 Å². The molecule has 0 aliphatic heterocycles. The Hall–Kier alpha value is -0.610. The summed E-state index contributed by atoms with van der Waals surface area (Å²) in [6.45, 7) is 1.73. The van der Waals surface area contributed by atoms with Crippen LogP contribution < -0.4 is 11.1 Å². The topological polar surface area (TPSA) is 64.4 Å². The number of carbonyl (C=O) groups is 1. The van der Waals surface area contributed by atoms with Gasteiger partial charge in [0.15, 0.2) is 0 Å². The highest BCUT2D eigenvalue weighted by atomic mass is 16.5. The van der Waals surface area contributed by atoms with Crippen molar-refractivity contribution in [3.8, 4) is 0 Å². The summed E-state index contributed by atoms with van der Waals surface area (Å²) in [7, 11) is 0.